The zero-order valence-corrected chi connectivity index (χ0v) is 21.2. The van der Waals surface area contributed by atoms with Gasteiger partial charge in [-0.25, -0.2) is 0 Å². The Kier molecular flexibility index (Phi) is 6.92. The minimum absolute atomic E-state index is 0.00972. The van der Waals surface area contributed by atoms with E-state index in [-0.39, 0.29) is 35.7 Å². The van der Waals surface area contributed by atoms with Crippen molar-refractivity contribution in [3.05, 3.63) is 30.3 Å². The highest BCUT2D eigenvalue weighted by molar-refractivity contribution is 5.96. The van der Waals surface area contributed by atoms with E-state index in [2.05, 4.69) is 37.9 Å². The lowest BCUT2D eigenvalue weighted by Gasteiger charge is -2.43. The summed E-state index contributed by atoms with van der Waals surface area (Å²) in [5.74, 6) is 0.443. The summed E-state index contributed by atoms with van der Waals surface area (Å²) in [5.41, 5.74) is 0.488. The van der Waals surface area contributed by atoms with E-state index in [1.54, 1.807) is 4.90 Å². The number of nitrogens with zero attached hydrogens (tertiary/aromatic N) is 3. The van der Waals surface area contributed by atoms with Crippen LogP contribution in [0.5, 0.6) is 0 Å². The van der Waals surface area contributed by atoms with Gasteiger partial charge in [-0.1, -0.05) is 45.9 Å². The first kappa shape index (κ1) is 24.6. The van der Waals surface area contributed by atoms with Crippen molar-refractivity contribution < 1.29 is 14.4 Å². The molecule has 1 saturated carbocycles. The fourth-order valence-corrected chi connectivity index (χ4v) is 5.67. The largest absolute Gasteiger partial charge is 0.352 e. The number of benzene rings is 1. The Morgan fingerprint density at radius 1 is 1.12 bits per heavy atom. The minimum atomic E-state index is -0.699. The molecule has 2 heterocycles. The number of amides is 3. The summed E-state index contributed by atoms with van der Waals surface area (Å²) in [6.07, 6.45) is 4.78. The smallest absolute Gasteiger partial charge is 0.250 e. The number of piperidine rings is 1. The molecule has 34 heavy (non-hydrogen) atoms. The molecule has 1 aromatic carbocycles. The predicted molar refractivity (Wildman–Crippen MR) is 133 cm³/mol. The topological polar surface area (TPSA) is 73.0 Å². The van der Waals surface area contributed by atoms with Gasteiger partial charge in [-0.15, -0.1) is 0 Å². The van der Waals surface area contributed by atoms with E-state index in [4.69, 9.17) is 0 Å². The standard InChI is InChI=1S/C27H40N4O3/c1-20(17-26(2,3)4)16-24(33)29-14-12-27(13-15-29)25(34)30(18-23(32)28-21-10-11-21)19-31(27)22-8-6-5-7-9-22/h5-9,20-21H,10-19H2,1-4H3,(H,28,32). The van der Waals surface area contributed by atoms with E-state index in [1.165, 1.54) is 0 Å². The maximum Gasteiger partial charge on any atom is 0.250 e. The molecule has 3 amide bonds. The molecule has 1 unspecified atom stereocenters. The molecule has 2 saturated heterocycles. The Labute approximate surface area is 203 Å². The molecule has 7 nitrogen and oxygen atoms in total. The second-order valence-corrected chi connectivity index (χ2v) is 11.7. The molecule has 3 aliphatic rings. The summed E-state index contributed by atoms with van der Waals surface area (Å²) in [4.78, 5) is 45.0. The number of nitrogens with one attached hydrogen (secondary N) is 1. The van der Waals surface area contributed by atoms with E-state index in [1.807, 2.05) is 35.2 Å². The molecule has 1 spiro atoms. The number of rotatable bonds is 7. The summed E-state index contributed by atoms with van der Waals surface area (Å²) >= 11 is 0. The van der Waals surface area contributed by atoms with Crippen LogP contribution in [-0.2, 0) is 14.4 Å². The third-order valence-corrected chi connectivity index (χ3v) is 7.29. The van der Waals surface area contributed by atoms with Crippen LogP contribution in [0, 0.1) is 11.3 Å². The molecule has 0 bridgehead atoms. The SMILES string of the molecule is CC(CC(=O)N1CCC2(CC1)C(=O)N(CC(=O)NC1CC1)CN2c1ccccc1)CC(C)(C)C. The number of carbonyl (C=O) groups is 3. The highest BCUT2D eigenvalue weighted by Crippen LogP contribution is 2.39. The van der Waals surface area contributed by atoms with Gasteiger partial charge >= 0.3 is 0 Å². The molecule has 1 aromatic rings. The van der Waals surface area contributed by atoms with Crippen LogP contribution < -0.4 is 10.2 Å². The number of hydrogen-bond donors (Lipinski definition) is 1. The van der Waals surface area contributed by atoms with Gasteiger partial charge in [-0.05, 0) is 55.6 Å². The molecule has 186 valence electrons. The van der Waals surface area contributed by atoms with Crippen LogP contribution in [0.2, 0.25) is 0 Å². The summed E-state index contributed by atoms with van der Waals surface area (Å²) in [6.45, 7) is 10.4. The molecular formula is C27H40N4O3. The quantitative estimate of drug-likeness (QED) is 0.666. The van der Waals surface area contributed by atoms with Gasteiger partial charge in [0.15, 0.2) is 0 Å². The van der Waals surface area contributed by atoms with Gasteiger partial charge in [0.1, 0.15) is 12.1 Å². The number of carbonyl (C=O) groups excluding carboxylic acids is 3. The maximum absolute atomic E-state index is 13.7. The van der Waals surface area contributed by atoms with Gasteiger partial charge in [-0.2, -0.15) is 0 Å². The third kappa shape index (κ3) is 5.56. The highest BCUT2D eigenvalue weighted by Gasteiger charge is 2.54. The molecule has 3 fully saturated rings. The molecule has 4 rings (SSSR count). The van der Waals surface area contributed by atoms with E-state index in [0.29, 0.717) is 44.9 Å². The fraction of sp³-hybridized carbons (Fsp3) is 0.667. The van der Waals surface area contributed by atoms with Crippen LogP contribution in [0.25, 0.3) is 0 Å². The molecular weight excluding hydrogens is 428 g/mol. The van der Waals surface area contributed by atoms with Crippen molar-refractivity contribution in [3.8, 4) is 0 Å². The van der Waals surface area contributed by atoms with Crippen molar-refractivity contribution in [2.75, 3.05) is 31.2 Å². The average molecular weight is 469 g/mol. The van der Waals surface area contributed by atoms with Crippen molar-refractivity contribution in [1.82, 2.24) is 15.1 Å². The van der Waals surface area contributed by atoms with E-state index in [0.717, 1.165) is 24.9 Å². The van der Waals surface area contributed by atoms with Crippen LogP contribution in [0.4, 0.5) is 5.69 Å². The van der Waals surface area contributed by atoms with E-state index >= 15 is 0 Å². The van der Waals surface area contributed by atoms with Gasteiger partial charge in [0, 0.05) is 31.2 Å². The van der Waals surface area contributed by atoms with E-state index in [9.17, 15) is 14.4 Å². The van der Waals surface area contributed by atoms with Gasteiger partial charge in [-0.3, -0.25) is 14.4 Å². The van der Waals surface area contributed by atoms with Gasteiger partial charge in [0.05, 0.1) is 6.67 Å². The Morgan fingerprint density at radius 3 is 2.35 bits per heavy atom. The molecule has 1 atom stereocenters. The molecule has 0 aromatic heterocycles. The minimum Gasteiger partial charge on any atom is -0.352 e. The lowest BCUT2D eigenvalue weighted by atomic mass is 9.83. The zero-order chi connectivity index (χ0) is 24.5. The molecule has 1 aliphatic carbocycles. The summed E-state index contributed by atoms with van der Waals surface area (Å²) in [5, 5.41) is 3.00. The normalized spacial score (nSPS) is 21.2. The number of para-hydroxylation sites is 1. The van der Waals surface area contributed by atoms with Crippen LogP contribution in [0.3, 0.4) is 0 Å². The van der Waals surface area contributed by atoms with E-state index < -0.39 is 5.54 Å². The fourth-order valence-electron chi connectivity index (χ4n) is 5.67. The Balaban J connectivity index is 1.45. The summed E-state index contributed by atoms with van der Waals surface area (Å²) in [7, 11) is 0. The third-order valence-electron chi connectivity index (χ3n) is 7.29. The Morgan fingerprint density at radius 2 is 1.76 bits per heavy atom. The zero-order valence-electron chi connectivity index (χ0n) is 21.2. The Hall–Kier alpha value is -2.57. The van der Waals surface area contributed by atoms with Crippen LogP contribution in [0.1, 0.15) is 66.2 Å². The number of likely N-dealkylation sites (tertiary alicyclic amines) is 1. The molecule has 0 radical (unpaired) electrons. The number of hydrogen-bond acceptors (Lipinski definition) is 4. The first-order valence-electron chi connectivity index (χ1n) is 12.8. The van der Waals surface area contributed by atoms with Crippen LogP contribution in [-0.4, -0.2) is 65.4 Å². The highest BCUT2D eigenvalue weighted by atomic mass is 16.2. The average Bonchev–Trinajstić information content (AvgIpc) is 3.55. The summed E-state index contributed by atoms with van der Waals surface area (Å²) < 4.78 is 0. The molecule has 7 heteroatoms. The van der Waals surface area contributed by atoms with Crippen molar-refractivity contribution in [2.45, 2.75) is 77.8 Å². The summed E-state index contributed by atoms with van der Waals surface area (Å²) in [6, 6.07) is 10.2. The predicted octanol–water partition coefficient (Wildman–Crippen LogP) is 3.39. The van der Waals surface area contributed by atoms with Crippen molar-refractivity contribution in [3.63, 3.8) is 0 Å². The van der Waals surface area contributed by atoms with Crippen molar-refractivity contribution in [2.24, 2.45) is 11.3 Å². The van der Waals surface area contributed by atoms with Crippen molar-refractivity contribution >= 4 is 23.4 Å². The van der Waals surface area contributed by atoms with Gasteiger partial charge in [0.2, 0.25) is 11.8 Å². The first-order valence-corrected chi connectivity index (χ1v) is 12.8. The lowest BCUT2D eigenvalue weighted by Crippen LogP contribution is -2.57. The molecule has 1 N–H and O–H groups in total. The second kappa shape index (κ2) is 9.59. The number of anilines is 1. The monoisotopic (exact) mass is 468 g/mol. The Bertz CT molecular complexity index is 898. The molecule has 2 aliphatic heterocycles. The first-order chi connectivity index (χ1) is 16.1. The van der Waals surface area contributed by atoms with Crippen LogP contribution in [0.15, 0.2) is 30.3 Å². The lowest BCUT2D eigenvalue weighted by molar-refractivity contribution is -0.140. The van der Waals surface area contributed by atoms with Gasteiger partial charge < -0.3 is 20.0 Å². The van der Waals surface area contributed by atoms with Crippen LogP contribution >= 0.6 is 0 Å². The van der Waals surface area contributed by atoms with Gasteiger partial charge in [0.25, 0.3) is 5.91 Å². The maximum atomic E-state index is 13.7. The van der Waals surface area contributed by atoms with Crippen molar-refractivity contribution in [1.29, 1.82) is 0 Å². The second-order valence-electron chi connectivity index (χ2n) is 11.7.